The van der Waals surface area contributed by atoms with Gasteiger partial charge in [0.2, 0.25) is 0 Å². The van der Waals surface area contributed by atoms with E-state index in [-0.39, 0.29) is 5.41 Å². The first-order chi connectivity index (χ1) is 6.38. The zero-order valence-corrected chi connectivity index (χ0v) is 8.79. The van der Waals surface area contributed by atoms with Crippen molar-refractivity contribution in [2.24, 2.45) is 5.41 Å². The average Bonchev–Trinajstić information content (AvgIpc) is 2.01. The number of pyridine rings is 1. The summed E-state index contributed by atoms with van der Waals surface area (Å²) in [5.41, 5.74) is 0.561. The highest BCUT2D eigenvalue weighted by Gasteiger charge is 2.18. The smallest absolute Gasteiger partial charge is 0.141 e. The molecule has 1 N–H and O–H groups in total. The van der Waals surface area contributed by atoms with Gasteiger partial charge in [0, 0.05) is 11.8 Å². The lowest BCUT2D eigenvalue weighted by Gasteiger charge is -2.22. The number of aromatic nitrogens is 1. The number of aliphatic hydroxyl groups excluding tert-OH is 1. The topological polar surface area (TPSA) is 33.1 Å². The molecule has 1 heterocycles. The van der Waals surface area contributed by atoms with Crippen molar-refractivity contribution in [1.29, 1.82) is 0 Å². The van der Waals surface area contributed by atoms with Crippen molar-refractivity contribution in [3.8, 4) is 0 Å². The summed E-state index contributed by atoms with van der Waals surface area (Å²) in [7, 11) is 0. The fourth-order valence-corrected chi connectivity index (χ4v) is 1.31. The van der Waals surface area contributed by atoms with E-state index in [1.54, 1.807) is 0 Å². The van der Waals surface area contributed by atoms with Crippen LogP contribution in [0.5, 0.6) is 0 Å². The van der Waals surface area contributed by atoms with Gasteiger partial charge in [-0.2, -0.15) is 0 Å². The lowest BCUT2D eigenvalue weighted by atomic mass is 9.87. The van der Waals surface area contributed by atoms with Gasteiger partial charge in [-0.25, -0.2) is 4.39 Å². The molecule has 78 valence electrons. The van der Waals surface area contributed by atoms with Gasteiger partial charge < -0.3 is 5.11 Å². The van der Waals surface area contributed by atoms with Gasteiger partial charge in [-0.1, -0.05) is 20.8 Å². The summed E-state index contributed by atoms with van der Waals surface area (Å²) in [5.74, 6) is -0.407. The van der Waals surface area contributed by atoms with Gasteiger partial charge in [-0.05, 0) is 17.9 Å². The predicted octanol–water partition coefficient (Wildman–Crippen LogP) is 2.69. The third-order valence-electron chi connectivity index (χ3n) is 1.92. The molecule has 0 fully saturated rings. The maximum absolute atomic E-state index is 12.8. The SMILES string of the molecule is CC(C)(C)CC(O)c1cncc(F)c1. The van der Waals surface area contributed by atoms with Crippen LogP contribution in [0.25, 0.3) is 0 Å². The Labute approximate surface area is 83.8 Å². The summed E-state index contributed by atoms with van der Waals surface area (Å²) in [6, 6.07) is 1.32. The van der Waals surface area contributed by atoms with E-state index in [4.69, 9.17) is 0 Å². The Balaban J connectivity index is 2.74. The Morgan fingerprint density at radius 2 is 2.07 bits per heavy atom. The first-order valence-corrected chi connectivity index (χ1v) is 4.67. The second-order valence-electron chi connectivity index (χ2n) is 4.72. The first kappa shape index (κ1) is 11.1. The molecule has 0 bridgehead atoms. The summed E-state index contributed by atoms with van der Waals surface area (Å²) in [4.78, 5) is 3.70. The Bertz CT molecular complexity index is 306. The molecule has 0 saturated heterocycles. The summed E-state index contributed by atoms with van der Waals surface area (Å²) < 4.78 is 12.8. The van der Waals surface area contributed by atoms with Gasteiger partial charge in [0.05, 0.1) is 12.3 Å². The van der Waals surface area contributed by atoms with Crippen LogP contribution < -0.4 is 0 Å². The van der Waals surface area contributed by atoms with Gasteiger partial charge in [-0.15, -0.1) is 0 Å². The molecule has 3 heteroatoms. The van der Waals surface area contributed by atoms with Crippen LogP contribution in [0.4, 0.5) is 4.39 Å². The molecule has 0 radical (unpaired) electrons. The second kappa shape index (κ2) is 4.05. The Hall–Kier alpha value is -0.960. The average molecular weight is 197 g/mol. The first-order valence-electron chi connectivity index (χ1n) is 4.67. The lowest BCUT2D eigenvalue weighted by Crippen LogP contribution is -2.11. The Morgan fingerprint density at radius 1 is 1.43 bits per heavy atom. The normalized spacial score (nSPS) is 14.1. The number of hydrogen-bond acceptors (Lipinski definition) is 2. The largest absolute Gasteiger partial charge is 0.388 e. The van der Waals surface area contributed by atoms with E-state index in [0.717, 1.165) is 6.20 Å². The fourth-order valence-electron chi connectivity index (χ4n) is 1.31. The summed E-state index contributed by atoms with van der Waals surface area (Å²) in [5, 5.41) is 9.77. The van der Waals surface area contributed by atoms with E-state index >= 15 is 0 Å². The highest BCUT2D eigenvalue weighted by Crippen LogP contribution is 2.28. The summed E-state index contributed by atoms with van der Waals surface area (Å²) in [6.07, 6.45) is 2.59. The molecular weight excluding hydrogens is 181 g/mol. The molecule has 0 aliphatic rings. The van der Waals surface area contributed by atoms with Crippen LogP contribution in [0.15, 0.2) is 18.5 Å². The molecule has 0 aliphatic heterocycles. The van der Waals surface area contributed by atoms with Gasteiger partial charge in [0.25, 0.3) is 0 Å². The predicted molar refractivity (Wildman–Crippen MR) is 53.2 cm³/mol. The van der Waals surface area contributed by atoms with Crippen LogP contribution in [0, 0.1) is 11.2 Å². The van der Waals surface area contributed by atoms with Crippen LogP contribution in [0.1, 0.15) is 38.9 Å². The van der Waals surface area contributed by atoms with E-state index < -0.39 is 11.9 Å². The zero-order valence-electron chi connectivity index (χ0n) is 8.79. The Kier molecular flexibility index (Phi) is 3.21. The van der Waals surface area contributed by atoms with E-state index in [9.17, 15) is 9.50 Å². The number of aliphatic hydroxyl groups is 1. The van der Waals surface area contributed by atoms with Crippen molar-refractivity contribution in [2.75, 3.05) is 0 Å². The number of rotatable bonds is 2. The molecule has 1 atom stereocenters. The molecule has 0 aliphatic carbocycles. The van der Waals surface area contributed by atoms with E-state index in [1.165, 1.54) is 12.3 Å². The zero-order chi connectivity index (χ0) is 10.8. The monoisotopic (exact) mass is 197 g/mol. The maximum atomic E-state index is 12.8. The lowest BCUT2D eigenvalue weighted by molar-refractivity contribution is 0.121. The Morgan fingerprint density at radius 3 is 2.57 bits per heavy atom. The molecule has 2 nitrogen and oxygen atoms in total. The third-order valence-corrected chi connectivity index (χ3v) is 1.92. The van der Waals surface area contributed by atoms with E-state index in [1.807, 2.05) is 20.8 Å². The molecule has 0 saturated carbocycles. The van der Waals surface area contributed by atoms with Crippen molar-refractivity contribution in [1.82, 2.24) is 4.98 Å². The molecule has 1 unspecified atom stereocenters. The second-order valence-corrected chi connectivity index (χ2v) is 4.72. The standard InChI is InChI=1S/C11H16FNO/c1-11(2,3)5-10(14)8-4-9(12)7-13-6-8/h4,6-7,10,14H,5H2,1-3H3. The van der Waals surface area contributed by atoms with Crippen molar-refractivity contribution >= 4 is 0 Å². The molecule has 0 spiro atoms. The minimum absolute atomic E-state index is 0.0196. The van der Waals surface area contributed by atoms with Crippen molar-refractivity contribution in [2.45, 2.75) is 33.3 Å². The van der Waals surface area contributed by atoms with Crippen LogP contribution in [-0.2, 0) is 0 Å². The van der Waals surface area contributed by atoms with Gasteiger partial charge in [0.1, 0.15) is 5.82 Å². The van der Waals surface area contributed by atoms with Gasteiger partial charge in [0.15, 0.2) is 0 Å². The number of hydrogen-bond donors (Lipinski definition) is 1. The molecule has 0 amide bonds. The summed E-state index contributed by atoms with van der Waals surface area (Å²) in [6.45, 7) is 6.09. The molecule has 0 aromatic carbocycles. The molecule has 1 aromatic heterocycles. The van der Waals surface area contributed by atoms with Crippen molar-refractivity contribution in [3.63, 3.8) is 0 Å². The maximum Gasteiger partial charge on any atom is 0.141 e. The molecule has 1 aromatic rings. The number of halogens is 1. The minimum Gasteiger partial charge on any atom is -0.388 e. The van der Waals surface area contributed by atoms with Crippen LogP contribution in [0.2, 0.25) is 0 Å². The van der Waals surface area contributed by atoms with Gasteiger partial charge in [-0.3, -0.25) is 4.98 Å². The summed E-state index contributed by atoms with van der Waals surface area (Å²) >= 11 is 0. The van der Waals surface area contributed by atoms with E-state index in [0.29, 0.717) is 12.0 Å². The van der Waals surface area contributed by atoms with Crippen molar-refractivity contribution < 1.29 is 9.50 Å². The van der Waals surface area contributed by atoms with Crippen LogP contribution in [0.3, 0.4) is 0 Å². The molecule has 14 heavy (non-hydrogen) atoms. The minimum atomic E-state index is -0.641. The van der Waals surface area contributed by atoms with Crippen LogP contribution >= 0.6 is 0 Å². The molecular formula is C11H16FNO. The van der Waals surface area contributed by atoms with E-state index in [2.05, 4.69) is 4.98 Å². The fraction of sp³-hybridized carbons (Fsp3) is 0.545. The highest BCUT2D eigenvalue weighted by atomic mass is 19.1. The number of nitrogens with zero attached hydrogens (tertiary/aromatic N) is 1. The highest BCUT2D eigenvalue weighted by molar-refractivity contribution is 5.13. The molecule has 1 rings (SSSR count). The third kappa shape index (κ3) is 3.42. The quantitative estimate of drug-likeness (QED) is 0.790. The van der Waals surface area contributed by atoms with Crippen molar-refractivity contribution in [3.05, 3.63) is 29.8 Å². The van der Waals surface area contributed by atoms with Gasteiger partial charge >= 0.3 is 0 Å². The van der Waals surface area contributed by atoms with Crippen LogP contribution in [-0.4, -0.2) is 10.1 Å².